The number of hydrogen-bond donors (Lipinski definition) is 0. The van der Waals surface area contributed by atoms with Crippen molar-refractivity contribution in [3.8, 4) is 0 Å². The quantitative estimate of drug-likeness (QED) is 0.581. The Morgan fingerprint density at radius 1 is 0.593 bits per heavy atom. The van der Waals surface area contributed by atoms with E-state index >= 15 is 0 Å². The molecule has 0 bridgehead atoms. The molecule has 0 N–H and O–H groups in total. The standard InChI is InChI=1S/C20H30N6.ClH/c1-23(2)19(24(3)4)21-16-13-9-11-15-12-10-14-17(18(15)16)22-20(25(5)6)26(7)8;/h9-14H,1-8H3;1H. The van der Waals surface area contributed by atoms with Gasteiger partial charge in [-0.05, 0) is 17.5 Å². The third-order valence-electron chi connectivity index (χ3n) is 3.90. The lowest BCUT2D eigenvalue weighted by Gasteiger charge is -2.24. The maximum atomic E-state index is 4.92. The third kappa shape index (κ3) is 5.26. The van der Waals surface area contributed by atoms with Gasteiger partial charge in [-0.1, -0.05) is 24.3 Å². The largest absolute Gasteiger partial charge is 0.349 e. The summed E-state index contributed by atoms with van der Waals surface area (Å²) in [6.45, 7) is 0. The van der Waals surface area contributed by atoms with E-state index in [1.165, 1.54) is 0 Å². The van der Waals surface area contributed by atoms with E-state index in [1.54, 1.807) is 0 Å². The Bertz CT molecular complexity index is 740. The lowest BCUT2D eigenvalue weighted by Crippen LogP contribution is -2.35. The molecule has 0 saturated heterocycles. The van der Waals surface area contributed by atoms with E-state index in [0.717, 1.165) is 34.1 Å². The van der Waals surface area contributed by atoms with Crippen molar-refractivity contribution in [2.24, 2.45) is 9.98 Å². The fraction of sp³-hybridized carbons (Fsp3) is 0.400. The highest BCUT2D eigenvalue weighted by atomic mass is 35.5. The Balaban J connectivity index is 0.00000364. The summed E-state index contributed by atoms with van der Waals surface area (Å²) in [5, 5.41) is 2.18. The fourth-order valence-electron chi connectivity index (χ4n) is 2.90. The molecule has 2 aromatic rings. The summed E-state index contributed by atoms with van der Waals surface area (Å²) >= 11 is 0. The monoisotopic (exact) mass is 390 g/mol. The highest BCUT2D eigenvalue weighted by molar-refractivity contribution is 6.04. The van der Waals surface area contributed by atoms with Gasteiger partial charge in [-0.15, -0.1) is 12.4 Å². The number of guanidine groups is 2. The first kappa shape index (κ1) is 22.6. The number of hydrogen-bond acceptors (Lipinski definition) is 2. The van der Waals surface area contributed by atoms with Crippen LogP contribution in [0.4, 0.5) is 11.4 Å². The third-order valence-corrected chi connectivity index (χ3v) is 3.90. The first-order valence-corrected chi connectivity index (χ1v) is 8.60. The summed E-state index contributed by atoms with van der Waals surface area (Å²) in [5.74, 6) is 1.77. The van der Waals surface area contributed by atoms with Crippen LogP contribution in [0, 0.1) is 0 Å². The van der Waals surface area contributed by atoms with Gasteiger partial charge in [0.15, 0.2) is 0 Å². The van der Waals surface area contributed by atoms with Gasteiger partial charge in [0.05, 0.1) is 11.4 Å². The van der Waals surface area contributed by atoms with Crippen LogP contribution in [0.15, 0.2) is 46.4 Å². The van der Waals surface area contributed by atoms with E-state index in [1.807, 2.05) is 100 Å². The van der Waals surface area contributed by atoms with Crippen LogP contribution in [0.3, 0.4) is 0 Å². The summed E-state index contributed by atoms with van der Waals surface area (Å²) in [4.78, 5) is 17.9. The first-order valence-electron chi connectivity index (χ1n) is 8.60. The number of halogens is 1. The highest BCUT2D eigenvalue weighted by Crippen LogP contribution is 2.35. The molecule has 2 rings (SSSR count). The van der Waals surface area contributed by atoms with Crippen molar-refractivity contribution >= 4 is 46.5 Å². The van der Waals surface area contributed by atoms with Crippen molar-refractivity contribution in [2.75, 3.05) is 56.4 Å². The summed E-state index contributed by atoms with van der Waals surface area (Å²) in [6.07, 6.45) is 0. The molecule has 0 aliphatic heterocycles. The molecule has 6 nitrogen and oxygen atoms in total. The molecular formula is C20H31ClN6. The van der Waals surface area contributed by atoms with Gasteiger partial charge in [-0.25, -0.2) is 9.98 Å². The molecule has 7 heteroatoms. The molecule has 0 amide bonds. The highest BCUT2D eigenvalue weighted by Gasteiger charge is 2.12. The Labute approximate surface area is 169 Å². The summed E-state index contributed by atoms with van der Waals surface area (Å²) in [6, 6.07) is 12.4. The van der Waals surface area contributed by atoms with E-state index in [4.69, 9.17) is 9.98 Å². The predicted octanol–water partition coefficient (Wildman–Crippen LogP) is 3.48. The minimum atomic E-state index is 0. The van der Waals surface area contributed by atoms with E-state index in [9.17, 15) is 0 Å². The molecule has 0 radical (unpaired) electrons. The van der Waals surface area contributed by atoms with E-state index < -0.39 is 0 Å². The number of aliphatic imine (C=N–C) groups is 2. The van der Waals surface area contributed by atoms with Gasteiger partial charge < -0.3 is 19.6 Å². The van der Waals surface area contributed by atoms with Crippen LogP contribution in [0.2, 0.25) is 0 Å². The normalized spacial score (nSPS) is 9.93. The average Bonchev–Trinajstić information content (AvgIpc) is 2.56. The molecule has 0 spiro atoms. The van der Waals surface area contributed by atoms with Crippen LogP contribution in [0.1, 0.15) is 0 Å². The lowest BCUT2D eigenvalue weighted by atomic mass is 10.1. The van der Waals surface area contributed by atoms with Crippen molar-refractivity contribution in [1.29, 1.82) is 0 Å². The topological polar surface area (TPSA) is 37.7 Å². The van der Waals surface area contributed by atoms with Gasteiger partial charge in [-0.3, -0.25) is 0 Å². The summed E-state index contributed by atoms with van der Waals surface area (Å²) in [7, 11) is 16.0. The summed E-state index contributed by atoms with van der Waals surface area (Å²) in [5.41, 5.74) is 1.83. The SMILES string of the molecule is CN(C)C(=Nc1cccc2cccc(N=C(N(C)C)N(C)C)c12)N(C)C.Cl. The van der Waals surface area contributed by atoms with Gasteiger partial charge in [0.1, 0.15) is 0 Å². The van der Waals surface area contributed by atoms with Gasteiger partial charge in [-0.2, -0.15) is 0 Å². The second kappa shape index (κ2) is 9.46. The van der Waals surface area contributed by atoms with Crippen LogP contribution >= 0.6 is 12.4 Å². The molecule has 0 atom stereocenters. The lowest BCUT2D eigenvalue weighted by molar-refractivity contribution is 0.484. The molecule has 0 aromatic heterocycles. The minimum Gasteiger partial charge on any atom is -0.349 e. The zero-order chi connectivity index (χ0) is 19.4. The van der Waals surface area contributed by atoms with Gasteiger partial charge in [0, 0.05) is 61.8 Å². The van der Waals surface area contributed by atoms with Crippen LogP contribution in [-0.4, -0.2) is 87.9 Å². The van der Waals surface area contributed by atoms with Gasteiger partial charge >= 0.3 is 0 Å². The number of rotatable bonds is 2. The van der Waals surface area contributed by atoms with Crippen molar-refractivity contribution in [2.45, 2.75) is 0 Å². The fourth-order valence-corrected chi connectivity index (χ4v) is 2.90. The molecule has 0 fully saturated rings. The Morgan fingerprint density at radius 3 is 1.22 bits per heavy atom. The molecule has 0 heterocycles. The minimum absolute atomic E-state index is 0. The van der Waals surface area contributed by atoms with E-state index in [-0.39, 0.29) is 12.4 Å². The molecular weight excluding hydrogens is 360 g/mol. The van der Waals surface area contributed by atoms with Gasteiger partial charge in [0.25, 0.3) is 0 Å². The second-order valence-corrected chi connectivity index (χ2v) is 7.05. The average molecular weight is 391 g/mol. The van der Waals surface area contributed by atoms with Crippen LogP contribution in [0.25, 0.3) is 10.8 Å². The molecule has 27 heavy (non-hydrogen) atoms. The van der Waals surface area contributed by atoms with Gasteiger partial charge in [0.2, 0.25) is 11.9 Å². The Morgan fingerprint density at radius 2 is 0.926 bits per heavy atom. The predicted molar refractivity (Wildman–Crippen MR) is 120 cm³/mol. The maximum Gasteiger partial charge on any atom is 0.200 e. The molecule has 2 aromatic carbocycles. The smallest absolute Gasteiger partial charge is 0.200 e. The van der Waals surface area contributed by atoms with Crippen molar-refractivity contribution < 1.29 is 0 Å². The summed E-state index contributed by atoms with van der Waals surface area (Å²) < 4.78 is 0. The van der Waals surface area contributed by atoms with Crippen molar-refractivity contribution in [3.63, 3.8) is 0 Å². The van der Waals surface area contributed by atoms with E-state index in [0.29, 0.717) is 0 Å². The van der Waals surface area contributed by atoms with Crippen LogP contribution in [0.5, 0.6) is 0 Å². The number of nitrogens with zero attached hydrogens (tertiary/aromatic N) is 6. The Kier molecular flexibility index (Phi) is 7.91. The molecule has 148 valence electrons. The zero-order valence-corrected chi connectivity index (χ0v) is 18.4. The van der Waals surface area contributed by atoms with Crippen molar-refractivity contribution in [1.82, 2.24) is 19.6 Å². The molecule has 0 unspecified atom stereocenters. The second-order valence-electron chi connectivity index (χ2n) is 7.05. The number of benzene rings is 2. The maximum absolute atomic E-state index is 4.92. The van der Waals surface area contributed by atoms with Crippen molar-refractivity contribution in [3.05, 3.63) is 36.4 Å². The Hall–Kier alpha value is -2.47. The molecule has 0 aliphatic rings. The van der Waals surface area contributed by atoms with E-state index in [2.05, 4.69) is 12.1 Å². The number of fused-ring (bicyclic) bond motifs is 1. The first-order chi connectivity index (χ1) is 12.2. The zero-order valence-electron chi connectivity index (χ0n) is 17.6. The van der Waals surface area contributed by atoms with Crippen LogP contribution < -0.4 is 0 Å². The molecule has 0 saturated carbocycles. The molecule has 0 aliphatic carbocycles. The van der Waals surface area contributed by atoms with Crippen LogP contribution in [-0.2, 0) is 0 Å².